The fourth-order valence-corrected chi connectivity index (χ4v) is 2.86. The van der Waals surface area contributed by atoms with E-state index in [1.165, 1.54) is 6.07 Å². The summed E-state index contributed by atoms with van der Waals surface area (Å²) >= 11 is 15.2. The van der Waals surface area contributed by atoms with Gasteiger partial charge in [-0.15, -0.1) is 0 Å². The molecule has 2 aromatic carbocycles. The maximum Gasteiger partial charge on any atom is 0.127 e. The summed E-state index contributed by atoms with van der Waals surface area (Å²) in [6.07, 6.45) is 0.547. The minimum absolute atomic E-state index is 0.0132. The number of rotatable bonds is 5. The first-order valence-corrected chi connectivity index (χ1v) is 8.18. The number of nitrogens with one attached hydrogen (secondary N) is 1. The van der Waals surface area contributed by atoms with Gasteiger partial charge >= 0.3 is 0 Å². The molecule has 0 fully saturated rings. The molecular weight excluding hydrogens is 376 g/mol. The molecule has 0 saturated heterocycles. The van der Waals surface area contributed by atoms with E-state index in [0.717, 1.165) is 16.6 Å². The van der Waals surface area contributed by atoms with Crippen molar-refractivity contribution < 1.29 is 4.39 Å². The molecular formula is C16H15BrCl2FN. The normalized spacial score (nSPS) is 12.4. The van der Waals surface area contributed by atoms with Crippen LogP contribution in [0.3, 0.4) is 0 Å². The molecule has 2 aromatic rings. The molecule has 2 rings (SSSR count). The Labute approximate surface area is 142 Å². The first-order valence-electron chi connectivity index (χ1n) is 6.63. The zero-order valence-electron chi connectivity index (χ0n) is 11.5. The monoisotopic (exact) mass is 389 g/mol. The van der Waals surface area contributed by atoms with Crippen LogP contribution in [0, 0.1) is 5.82 Å². The molecule has 1 nitrogen and oxygen atoms in total. The van der Waals surface area contributed by atoms with E-state index in [4.69, 9.17) is 23.2 Å². The van der Waals surface area contributed by atoms with Crippen LogP contribution in [0.2, 0.25) is 10.0 Å². The summed E-state index contributed by atoms with van der Waals surface area (Å²) in [6, 6.07) is 10.5. The Kier molecular flexibility index (Phi) is 6.06. The second-order valence-corrected chi connectivity index (χ2v) is 6.42. The second kappa shape index (κ2) is 7.59. The molecule has 0 amide bonds. The summed E-state index contributed by atoms with van der Waals surface area (Å²) in [6.45, 7) is 2.82. The van der Waals surface area contributed by atoms with Gasteiger partial charge in [-0.25, -0.2) is 4.39 Å². The Morgan fingerprint density at radius 2 is 1.95 bits per heavy atom. The number of hydrogen-bond donors (Lipinski definition) is 1. The smallest absolute Gasteiger partial charge is 0.127 e. The summed E-state index contributed by atoms with van der Waals surface area (Å²) in [5.41, 5.74) is 1.69. The lowest BCUT2D eigenvalue weighted by Crippen LogP contribution is -2.23. The zero-order valence-corrected chi connectivity index (χ0v) is 14.6. The van der Waals surface area contributed by atoms with E-state index in [9.17, 15) is 4.39 Å². The minimum Gasteiger partial charge on any atom is -0.310 e. The predicted molar refractivity (Wildman–Crippen MR) is 90.7 cm³/mol. The Balaban J connectivity index is 2.28. The van der Waals surface area contributed by atoms with E-state index in [1.807, 2.05) is 25.1 Å². The van der Waals surface area contributed by atoms with Gasteiger partial charge in [-0.2, -0.15) is 0 Å². The van der Waals surface area contributed by atoms with E-state index in [2.05, 4.69) is 21.2 Å². The van der Waals surface area contributed by atoms with Crippen LogP contribution in [-0.4, -0.2) is 6.54 Å². The van der Waals surface area contributed by atoms with E-state index >= 15 is 0 Å². The molecule has 0 aliphatic heterocycles. The third kappa shape index (κ3) is 4.43. The van der Waals surface area contributed by atoms with Crippen molar-refractivity contribution in [3.8, 4) is 0 Å². The zero-order chi connectivity index (χ0) is 15.4. The van der Waals surface area contributed by atoms with Crippen LogP contribution in [-0.2, 0) is 6.42 Å². The molecule has 0 radical (unpaired) electrons. The minimum atomic E-state index is -0.279. The highest BCUT2D eigenvalue weighted by atomic mass is 79.9. The lowest BCUT2D eigenvalue weighted by molar-refractivity contribution is 0.528. The van der Waals surface area contributed by atoms with Crippen LogP contribution in [0.1, 0.15) is 24.1 Å². The number of hydrogen-bond acceptors (Lipinski definition) is 1. The molecule has 21 heavy (non-hydrogen) atoms. The van der Waals surface area contributed by atoms with Crippen LogP contribution >= 0.6 is 39.1 Å². The quantitative estimate of drug-likeness (QED) is 0.681. The molecule has 5 heteroatoms. The van der Waals surface area contributed by atoms with Crippen molar-refractivity contribution in [2.24, 2.45) is 0 Å². The molecule has 0 aliphatic carbocycles. The first kappa shape index (κ1) is 16.8. The van der Waals surface area contributed by atoms with Crippen molar-refractivity contribution in [2.45, 2.75) is 19.4 Å². The largest absolute Gasteiger partial charge is 0.310 e. The number of likely N-dealkylation sites (N-methyl/N-ethyl adjacent to an activating group) is 1. The predicted octanol–water partition coefficient (Wildman–Crippen LogP) is 5.79. The maximum absolute atomic E-state index is 14.0. The summed E-state index contributed by atoms with van der Waals surface area (Å²) in [5, 5.41) is 4.44. The van der Waals surface area contributed by atoms with E-state index in [0.29, 0.717) is 22.0 Å². The van der Waals surface area contributed by atoms with Crippen molar-refractivity contribution in [1.82, 2.24) is 5.32 Å². The van der Waals surface area contributed by atoms with Crippen LogP contribution < -0.4 is 5.32 Å². The first-order chi connectivity index (χ1) is 10.0. The molecule has 1 N–H and O–H groups in total. The molecule has 0 saturated carbocycles. The average molecular weight is 391 g/mol. The number of benzene rings is 2. The van der Waals surface area contributed by atoms with Gasteiger partial charge in [-0.1, -0.05) is 42.3 Å². The van der Waals surface area contributed by atoms with Gasteiger partial charge in [0, 0.05) is 15.5 Å². The SMILES string of the molecule is CCNC(Cc1ccc(Cl)cc1F)c1ccc(Cl)c(Br)c1. The number of halogens is 4. The Hall–Kier alpha value is -0.610. The van der Waals surface area contributed by atoms with E-state index < -0.39 is 0 Å². The highest BCUT2D eigenvalue weighted by Gasteiger charge is 2.15. The van der Waals surface area contributed by atoms with Gasteiger partial charge < -0.3 is 5.32 Å². The molecule has 0 heterocycles. The third-order valence-electron chi connectivity index (χ3n) is 3.24. The molecule has 0 aliphatic rings. The summed E-state index contributed by atoms with van der Waals surface area (Å²) in [5.74, 6) is -0.279. The van der Waals surface area contributed by atoms with Gasteiger partial charge in [-0.05, 0) is 64.3 Å². The fraction of sp³-hybridized carbons (Fsp3) is 0.250. The topological polar surface area (TPSA) is 12.0 Å². The molecule has 0 aromatic heterocycles. The standard InChI is InChI=1S/C16H15BrCl2FN/c1-2-21-16(11-4-6-14(19)13(17)7-11)8-10-3-5-12(18)9-15(10)20/h3-7,9,16,21H,2,8H2,1H3. The van der Waals surface area contributed by atoms with Gasteiger partial charge in [0.05, 0.1) is 5.02 Å². The Bertz CT molecular complexity index is 634. The lowest BCUT2D eigenvalue weighted by atomic mass is 9.98. The van der Waals surface area contributed by atoms with Gasteiger partial charge in [0.2, 0.25) is 0 Å². The summed E-state index contributed by atoms with van der Waals surface area (Å²) in [7, 11) is 0. The summed E-state index contributed by atoms with van der Waals surface area (Å²) < 4.78 is 14.8. The van der Waals surface area contributed by atoms with E-state index in [-0.39, 0.29) is 11.9 Å². The highest BCUT2D eigenvalue weighted by Crippen LogP contribution is 2.28. The average Bonchev–Trinajstić information content (AvgIpc) is 2.44. The molecule has 0 spiro atoms. The van der Waals surface area contributed by atoms with Crippen molar-refractivity contribution in [2.75, 3.05) is 6.54 Å². The van der Waals surface area contributed by atoms with Crippen LogP contribution in [0.25, 0.3) is 0 Å². The van der Waals surface area contributed by atoms with Crippen molar-refractivity contribution in [3.63, 3.8) is 0 Å². The van der Waals surface area contributed by atoms with Crippen molar-refractivity contribution >= 4 is 39.1 Å². The van der Waals surface area contributed by atoms with Crippen molar-refractivity contribution in [1.29, 1.82) is 0 Å². The van der Waals surface area contributed by atoms with Crippen molar-refractivity contribution in [3.05, 3.63) is 67.9 Å². The van der Waals surface area contributed by atoms with E-state index in [1.54, 1.807) is 12.1 Å². The van der Waals surface area contributed by atoms with Gasteiger partial charge in [0.25, 0.3) is 0 Å². The van der Waals surface area contributed by atoms with Crippen LogP contribution in [0.5, 0.6) is 0 Å². The molecule has 1 unspecified atom stereocenters. The Morgan fingerprint density at radius 1 is 1.19 bits per heavy atom. The maximum atomic E-state index is 14.0. The Morgan fingerprint density at radius 3 is 2.57 bits per heavy atom. The summed E-state index contributed by atoms with van der Waals surface area (Å²) in [4.78, 5) is 0. The molecule has 0 bridgehead atoms. The fourth-order valence-electron chi connectivity index (χ4n) is 2.19. The van der Waals surface area contributed by atoms with Gasteiger partial charge in [0.1, 0.15) is 5.82 Å². The van der Waals surface area contributed by atoms with Crippen LogP contribution in [0.15, 0.2) is 40.9 Å². The highest BCUT2D eigenvalue weighted by molar-refractivity contribution is 9.10. The third-order valence-corrected chi connectivity index (χ3v) is 4.68. The molecule has 1 atom stereocenters. The lowest BCUT2D eigenvalue weighted by Gasteiger charge is -2.19. The molecule has 112 valence electrons. The van der Waals surface area contributed by atoms with Gasteiger partial charge in [0.15, 0.2) is 0 Å². The second-order valence-electron chi connectivity index (χ2n) is 4.72. The van der Waals surface area contributed by atoms with Gasteiger partial charge in [-0.3, -0.25) is 0 Å². The van der Waals surface area contributed by atoms with Crippen LogP contribution in [0.4, 0.5) is 4.39 Å².